The second kappa shape index (κ2) is 17.8. The third-order valence-electron chi connectivity index (χ3n) is 8.95. The molecular formula is C42H48N10O3S2. The zero-order valence-corrected chi connectivity index (χ0v) is 35.5. The van der Waals surface area contributed by atoms with Crippen molar-refractivity contribution in [1.29, 1.82) is 0 Å². The van der Waals surface area contributed by atoms with Crippen LogP contribution in [0.3, 0.4) is 0 Å². The predicted molar refractivity (Wildman–Crippen MR) is 232 cm³/mol. The molecule has 13 nitrogen and oxygen atoms in total. The molecule has 15 heteroatoms. The molecule has 1 N–H and O–H groups in total. The first-order chi connectivity index (χ1) is 27.4. The van der Waals surface area contributed by atoms with E-state index in [1.54, 1.807) is 25.6 Å². The number of carbonyl (C=O) groups is 1. The quantitative estimate of drug-likeness (QED) is 0.135. The molecule has 0 fully saturated rings. The highest BCUT2D eigenvalue weighted by Gasteiger charge is 2.20. The van der Waals surface area contributed by atoms with Gasteiger partial charge in [-0.25, -0.2) is 4.52 Å². The molecule has 296 valence electrons. The first kappa shape index (κ1) is 40.6. The van der Waals surface area contributed by atoms with Gasteiger partial charge in [-0.1, -0.05) is 52.0 Å². The summed E-state index contributed by atoms with van der Waals surface area (Å²) in [5.41, 5.74) is 5.55. The van der Waals surface area contributed by atoms with E-state index in [1.165, 1.54) is 21.2 Å². The Morgan fingerprint density at radius 1 is 0.702 bits per heavy atom. The first-order valence-electron chi connectivity index (χ1n) is 18.4. The topological polar surface area (TPSA) is 131 Å². The summed E-state index contributed by atoms with van der Waals surface area (Å²) in [7, 11) is 11.3. The fourth-order valence-electron chi connectivity index (χ4n) is 5.93. The Balaban J connectivity index is 0.000000162. The van der Waals surface area contributed by atoms with Crippen LogP contribution in [-0.4, -0.2) is 88.3 Å². The van der Waals surface area contributed by atoms with Crippen LogP contribution in [-0.2, 0) is 0 Å². The van der Waals surface area contributed by atoms with Crippen molar-refractivity contribution in [3.05, 3.63) is 105 Å². The van der Waals surface area contributed by atoms with E-state index in [-0.39, 0.29) is 5.92 Å². The van der Waals surface area contributed by atoms with Gasteiger partial charge in [0.1, 0.15) is 11.5 Å². The second-order valence-corrected chi connectivity index (χ2v) is 16.3. The van der Waals surface area contributed by atoms with Crippen molar-refractivity contribution in [2.75, 3.05) is 52.2 Å². The van der Waals surface area contributed by atoms with Crippen molar-refractivity contribution >= 4 is 56.3 Å². The van der Waals surface area contributed by atoms with Crippen LogP contribution >= 0.6 is 22.7 Å². The number of nitrogens with one attached hydrogen (secondary N) is 1. The smallest absolute Gasteiger partial charge is 0.189 e. The van der Waals surface area contributed by atoms with Gasteiger partial charge in [0.15, 0.2) is 29.2 Å². The van der Waals surface area contributed by atoms with Crippen LogP contribution in [0.25, 0.3) is 40.1 Å². The molecular weight excluding hydrogens is 757 g/mol. The third kappa shape index (κ3) is 8.84. The molecule has 0 spiro atoms. The lowest BCUT2D eigenvalue weighted by Gasteiger charge is -2.06. The van der Waals surface area contributed by atoms with Crippen LogP contribution in [0.4, 0.5) is 10.0 Å². The summed E-state index contributed by atoms with van der Waals surface area (Å²) in [5, 5.41) is 28.9. The van der Waals surface area contributed by atoms with E-state index in [4.69, 9.17) is 14.6 Å². The van der Waals surface area contributed by atoms with E-state index < -0.39 is 0 Å². The summed E-state index contributed by atoms with van der Waals surface area (Å²) < 4.78 is 14.6. The van der Waals surface area contributed by atoms with Crippen molar-refractivity contribution in [1.82, 2.24) is 39.6 Å². The summed E-state index contributed by atoms with van der Waals surface area (Å²) >= 11 is 3.24. The fourth-order valence-corrected chi connectivity index (χ4v) is 7.55. The molecule has 0 atom stereocenters. The van der Waals surface area contributed by atoms with Crippen LogP contribution in [0.5, 0.6) is 11.5 Å². The van der Waals surface area contributed by atoms with Gasteiger partial charge in [0.2, 0.25) is 0 Å². The van der Waals surface area contributed by atoms with Gasteiger partial charge in [-0.05, 0) is 66.4 Å². The number of benzene rings is 2. The van der Waals surface area contributed by atoms with Gasteiger partial charge in [0.25, 0.3) is 0 Å². The number of H-pyrrole nitrogens is 1. The number of thiophene rings is 2. The molecule has 8 rings (SSSR count). The number of hydrogen-bond donors (Lipinski definition) is 1. The lowest BCUT2D eigenvalue weighted by atomic mass is 10.1. The van der Waals surface area contributed by atoms with Crippen molar-refractivity contribution in [2.24, 2.45) is 0 Å². The van der Waals surface area contributed by atoms with E-state index in [1.807, 2.05) is 94.8 Å². The highest BCUT2D eigenvalue weighted by atomic mass is 32.1. The number of aromatic amines is 1. The number of anilines is 2. The SMILES string of the molecule is CN(C)c1ccc(C=O)s1.COc1ccccc1-c1nnc2/c(=C\c3ccc(N(C)C)s3)c(C(C)C)nn12.COc1ccccc1-c1nnc2cc(C(C)C)[nH]n12. The molecule has 0 aliphatic rings. The minimum atomic E-state index is 0.270. The lowest BCUT2D eigenvalue weighted by Crippen LogP contribution is -2.09. The van der Waals surface area contributed by atoms with Crippen LogP contribution < -0.4 is 24.5 Å². The minimum absolute atomic E-state index is 0.270. The Kier molecular flexibility index (Phi) is 12.7. The standard InChI is InChI=1S/C21H23N5OS.C14H16N4O.C7H9NOS/c1-13(2)19-16(12-14-10-11-18(28-14)25(3)4)21-23-22-20(26(21)24-19)15-8-6-7-9-17(15)27-5;1-9(2)11-8-13-15-16-14(18(13)17-11)10-6-4-5-7-12(10)19-3;1-8(2)7-4-3-6(5-9)10-7/h6-13H,1-5H3;4-9,17H,1-3H3;3-5H,1-2H3/b16-12-;;. The van der Waals surface area contributed by atoms with Gasteiger partial charge in [-0.3, -0.25) is 9.89 Å². The van der Waals surface area contributed by atoms with Crippen LogP contribution in [0.15, 0.2) is 78.9 Å². The molecule has 0 aliphatic carbocycles. The number of rotatable bonds is 10. The van der Waals surface area contributed by atoms with E-state index in [2.05, 4.69) is 90.4 Å². The number of fused-ring (bicyclic) bond motifs is 2. The highest BCUT2D eigenvalue weighted by Crippen LogP contribution is 2.31. The van der Waals surface area contributed by atoms with E-state index in [0.29, 0.717) is 11.7 Å². The van der Waals surface area contributed by atoms with E-state index >= 15 is 0 Å². The average Bonchev–Trinajstić information content (AvgIpc) is 4.06. The number of methoxy groups -OCH3 is 2. The zero-order valence-electron chi connectivity index (χ0n) is 33.9. The van der Waals surface area contributed by atoms with Crippen LogP contribution in [0.1, 0.15) is 65.5 Å². The van der Waals surface area contributed by atoms with Crippen molar-refractivity contribution in [3.63, 3.8) is 0 Å². The fraction of sp³-hybridized carbons (Fsp3) is 0.286. The Morgan fingerprint density at radius 2 is 1.26 bits per heavy atom. The lowest BCUT2D eigenvalue weighted by molar-refractivity contribution is 0.112. The molecule has 0 radical (unpaired) electrons. The minimum Gasteiger partial charge on any atom is -0.496 e. The Morgan fingerprint density at radius 3 is 1.79 bits per heavy atom. The molecule has 0 amide bonds. The third-order valence-corrected chi connectivity index (χ3v) is 11.3. The molecule has 6 aromatic heterocycles. The summed E-state index contributed by atoms with van der Waals surface area (Å²) in [6.45, 7) is 8.58. The predicted octanol–water partition coefficient (Wildman–Crippen LogP) is 8.08. The van der Waals surface area contributed by atoms with E-state index in [0.717, 1.165) is 72.5 Å². The number of aldehydes is 1. The van der Waals surface area contributed by atoms with Crippen molar-refractivity contribution < 1.29 is 14.3 Å². The molecule has 57 heavy (non-hydrogen) atoms. The van der Waals surface area contributed by atoms with Crippen LogP contribution in [0, 0.1) is 0 Å². The maximum atomic E-state index is 10.2. The van der Waals surface area contributed by atoms with Gasteiger partial charge >= 0.3 is 0 Å². The summed E-state index contributed by atoms with van der Waals surface area (Å²) in [6, 6.07) is 25.7. The van der Waals surface area contributed by atoms with Gasteiger partial charge in [-0.15, -0.1) is 43.1 Å². The molecule has 0 aliphatic heterocycles. The van der Waals surface area contributed by atoms with Crippen LogP contribution in [0.2, 0.25) is 0 Å². The normalized spacial score (nSPS) is 11.5. The molecule has 0 saturated heterocycles. The molecule has 8 aromatic rings. The van der Waals surface area contributed by atoms with Crippen molar-refractivity contribution in [2.45, 2.75) is 39.5 Å². The number of nitrogens with zero attached hydrogens (tertiary/aromatic N) is 9. The first-order valence-corrected chi connectivity index (χ1v) is 20.0. The maximum absolute atomic E-state index is 10.2. The maximum Gasteiger partial charge on any atom is 0.189 e. The van der Waals surface area contributed by atoms with Crippen molar-refractivity contribution in [3.8, 4) is 34.3 Å². The highest BCUT2D eigenvalue weighted by molar-refractivity contribution is 7.17. The summed E-state index contributed by atoms with van der Waals surface area (Å²) in [6.07, 6.45) is 3.04. The monoisotopic (exact) mass is 804 g/mol. The molecule has 0 unspecified atom stereocenters. The largest absolute Gasteiger partial charge is 0.496 e. The summed E-state index contributed by atoms with van der Waals surface area (Å²) in [5.74, 6) is 3.69. The molecule has 2 aromatic carbocycles. The number of carbonyl (C=O) groups excluding carboxylic acids is 1. The molecule has 6 heterocycles. The van der Waals surface area contributed by atoms with Gasteiger partial charge in [-0.2, -0.15) is 9.61 Å². The van der Waals surface area contributed by atoms with Gasteiger partial charge in [0.05, 0.1) is 45.9 Å². The summed E-state index contributed by atoms with van der Waals surface area (Å²) in [4.78, 5) is 16.3. The Hall–Kier alpha value is -6.06. The number of ether oxygens (including phenoxy) is 2. The Bertz CT molecular complexity index is 2630. The van der Waals surface area contributed by atoms with Gasteiger partial charge < -0.3 is 19.3 Å². The zero-order chi connectivity index (χ0) is 40.8. The number of aromatic nitrogens is 8. The van der Waals surface area contributed by atoms with E-state index in [9.17, 15) is 4.79 Å². The number of para-hydroxylation sites is 2. The molecule has 0 saturated carbocycles. The second-order valence-electron chi connectivity index (χ2n) is 14.1. The van der Waals surface area contributed by atoms with Gasteiger partial charge in [0, 0.05) is 50.0 Å². The number of hydrogen-bond acceptors (Lipinski definition) is 12. The molecule has 0 bridgehead atoms. The Labute approximate surface area is 340 Å². The average molecular weight is 805 g/mol.